The number of hydrogen-bond acceptors (Lipinski definition) is 8. The minimum atomic E-state index is -0.734. The fourth-order valence-electron chi connectivity index (χ4n) is 9.62. The van der Waals surface area contributed by atoms with E-state index in [0.717, 1.165) is 63.4 Å². The molecule has 0 spiro atoms. The lowest BCUT2D eigenvalue weighted by Gasteiger charge is -2.63. The molecule has 41 heavy (non-hydrogen) atoms. The van der Waals surface area contributed by atoms with E-state index in [1.54, 1.807) is 6.08 Å². The highest BCUT2D eigenvalue weighted by atomic mass is 16.5. The van der Waals surface area contributed by atoms with E-state index < -0.39 is 11.6 Å². The van der Waals surface area contributed by atoms with Gasteiger partial charge in [-0.3, -0.25) is 14.4 Å². The molecule has 1 aliphatic heterocycles. The van der Waals surface area contributed by atoms with Crippen LogP contribution in [0.4, 0.5) is 0 Å². The van der Waals surface area contributed by atoms with Crippen LogP contribution in [0, 0.1) is 34.5 Å². The number of methoxy groups -OCH3 is 1. The normalized spacial score (nSPS) is 39.5. The number of ether oxygens (including phenoxy) is 3. The number of carbonyl (C=O) groups is 4. The predicted octanol–water partition coefficient (Wildman–Crippen LogP) is 4.00. The number of amides is 1. The third-order valence-electron chi connectivity index (χ3n) is 11.9. The molecule has 0 aromatic heterocycles. The zero-order valence-electron chi connectivity index (χ0n) is 24.9. The summed E-state index contributed by atoms with van der Waals surface area (Å²) in [4.78, 5) is 47.6. The molecule has 228 valence electrons. The van der Waals surface area contributed by atoms with Crippen molar-refractivity contribution in [3.05, 3.63) is 11.6 Å². The van der Waals surface area contributed by atoms with Gasteiger partial charge in [-0.05, 0) is 105 Å². The van der Waals surface area contributed by atoms with Gasteiger partial charge in [-0.25, -0.2) is 4.79 Å². The van der Waals surface area contributed by atoms with Gasteiger partial charge in [-0.1, -0.05) is 13.8 Å². The number of carbonyl (C=O) groups excluding carboxylic acids is 4. The largest absolute Gasteiger partial charge is 0.469 e. The zero-order valence-corrected chi connectivity index (χ0v) is 24.9. The Morgan fingerprint density at radius 2 is 1.78 bits per heavy atom. The van der Waals surface area contributed by atoms with Crippen LogP contribution in [0.15, 0.2) is 11.6 Å². The summed E-state index contributed by atoms with van der Waals surface area (Å²) in [6.07, 6.45) is 11.5. The Morgan fingerprint density at radius 1 is 1.00 bits per heavy atom. The lowest BCUT2D eigenvalue weighted by Crippen LogP contribution is -2.62. The molecule has 9 heteroatoms. The molecule has 4 saturated carbocycles. The van der Waals surface area contributed by atoms with Gasteiger partial charge in [0.05, 0.1) is 12.7 Å². The van der Waals surface area contributed by atoms with E-state index in [1.165, 1.54) is 7.11 Å². The van der Waals surface area contributed by atoms with E-state index in [9.17, 15) is 24.3 Å². The SMILES string of the molecule is COC(=O)CCCCC(=O)NCC(=O)O[C@H]1CC[C@@]2(C)[C@H](CC[C@@H]3[C@@H]2CC[C@]2(C)[C@@H](C4=CC(=O)OC4)CCC32O)C1. The standard InChI is InChI=1S/C32H47NO8/c1-30-13-10-22(41-29(37)18-33-26(34)6-4-5-7-27(35)39-3)17-21(30)8-9-25-24(30)11-14-31(2)23(12-15-32(25,31)38)20-16-28(36)40-19-20/h16,21-25,38H,4-15,17-19H2,1-3H3,(H,33,34)/t21-,22+,23-,24+,25-,30+,31-,32?/m1/s1. The molecule has 4 fully saturated rings. The Kier molecular flexibility index (Phi) is 8.57. The summed E-state index contributed by atoms with van der Waals surface area (Å²) in [5, 5.41) is 15.0. The molecule has 1 unspecified atom stereocenters. The van der Waals surface area contributed by atoms with Crippen LogP contribution in [0.5, 0.6) is 0 Å². The van der Waals surface area contributed by atoms with Gasteiger partial charge in [0.1, 0.15) is 19.3 Å². The molecule has 9 nitrogen and oxygen atoms in total. The number of aliphatic hydroxyl groups is 1. The van der Waals surface area contributed by atoms with Crippen LogP contribution >= 0.6 is 0 Å². The van der Waals surface area contributed by atoms with Crippen molar-refractivity contribution in [2.75, 3.05) is 20.3 Å². The Morgan fingerprint density at radius 3 is 2.51 bits per heavy atom. The second-order valence-corrected chi connectivity index (χ2v) is 13.7. The smallest absolute Gasteiger partial charge is 0.331 e. The highest BCUT2D eigenvalue weighted by Crippen LogP contribution is 2.70. The van der Waals surface area contributed by atoms with Crippen molar-refractivity contribution in [3.8, 4) is 0 Å². The van der Waals surface area contributed by atoms with Crippen LogP contribution in [-0.4, -0.2) is 60.9 Å². The zero-order chi connectivity index (χ0) is 29.4. The van der Waals surface area contributed by atoms with Gasteiger partial charge in [-0.2, -0.15) is 0 Å². The van der Waals surface area contributed by atoms with Crippen LogP contribution in [0.2, 0.25) is 0 Å². The second-order valence-electron chi connectivity index (χ2n) is 13.7. The Labute approximate surface area is 243 Å². The van der Waals surface area contributed by atoms with Crippen molar-refractivity contribution in [1.82, 2.24) is 5.32 Å². The van der Waals surface area contributed by atoms with E-state index in [2.05, 4.69) is 23.9 Å². The van der Waals surface area contributed by atoms with E-state index in [0.29, 0.717) is 31.3 Å². The second kappa shape index (κ2) is 11.7. The maximum absolute atomic E-state index is 12.5. The van der Waals surface area contributed by atoms with Crippen LogP contribution in [0.1, 0.15) is 97.3 Å². The van der Waals surface area contributed by atoms with Crippen LogP contribution in [0.3, 0.4) is 0 Å². The van der Waals surface area contributed by atoms with Crippen molar-refractivity contribution in [3.63, 3.8) is 0 Å². The summed E-state index contributed by atoms with van der Waals surface area (Å²) in [7, 11) is 1.34. The molecule has 0 aromatic carbocycles. The average Bonchev–Trinajstić information content (AvgIpc) is 3.49. The van der Waals surface area contributed by atoms with Crippen molar-refractivity contribution in [1.29, 1.82) is 0 Å². The lowest BCUT2D eigenvalue weighted by molar-refractivity contribution is -0.210. The summed E-state index contributed by atoms with van der Waals surface area (Å²) in [5.41, 5.74) is 0.187. The summed E-state index contributed by atoms with van der Waals surface area (Å²) in [6, 6.07) is 0. The molecular weight excluding hydrogens is 526 g/mol. The van der Waals surface area contributed by atoms with Gasteiger partial charge in [0.25, 0.3) is 0 Å². The van der Waals surface area contributed by atoms with Gasteiger partial charge in [0, 0.05) is 24.3 Å². The quantitative estimate of drug-likeness (QED) is 0.241. The molecule has 0 saturated heterocycles. The number of cyclic esters (lactones) is 1. The van der Waals surface area contributed by atoms with Crippen molar-refractivity contribution in [2.24, 2.45) is 34.5 Å². The van der Waals surface area contributed by atoms with Crippen LogP contribution < -0.4 is 5.32 Å². The third kappa shape index (κ3) is 5.55. The minimum absolute atomic E-state index is 0.102. The maximum atomic E-state index is 12.5. The predicted molar refractivity (Wildman–Crippen MR) is 149 cm³/mol. The molecule has 1 amide bonds. The summed E-state index contributed by atoms with van der Waals surface area (Å²) >= 11 is 0. The first-order chi connectivity index (χ1) is 19.5. The van der Waals surface area contributed by atoms with Gasteiger partial charge >= 0.3 is 17.9 Å². The Hall–Kier alpha value is -2.42. The summed E-state index contributed by atoms with van der Waals surface area (Å²) < 4.78 is 15.7. The van der Waals surface area contributed by atoms with Crippen molar-refractivity contribution >= 4 is 23.8 Å². The Bertz CT molecular complexity index is 1090. The number of esters is 3. The monoisotopic (exact) mass is 573 g/mol. The molecule has 0 aromatic rings. The van der Waals surface area contributed by atoms with Crippen LogP contribution in [0.25, 0.3) is 0 Å². The topological polar surface area (TPSA) is 128 Å². The van der Waals surface area contributed by atoms with E-state index >= 15 is 0 Å². The first-order valence-corrected chi connectivity index (χ1v) is 15.6. The molecule has 0 bridgehead atoms. The van der Waals surface area contributed by atoms with Crippen LogP contribution in [-0.2, 0) is 33.4 Å². The minimum Gasteiger partial charge on any atom is -0.469 e. The van der Waals surface area contributed by atoms with Gasteiger partial charge < -0.3 is 24.6 Å². The Balaban J connectivity index is 1.13. The van der Waals surface area contributed by atoms with Crippen molar-refractivity contribution in [2.45, 2.75) is 109 Å². The molecule has 8 atom stereocenters. The number of rotatable bonds is 9. The lowest BCUT2D eigenvalue weighted by atomic mass is 9.43. The highest BCUT2D eigenvalue weighted by molar-refractivity contribution is 5.85. The summed E-state index contributed by atoms with van der Waals surface area (Å²) in [5.74, 6) is 0.140. The number of fused-ring (bicyclic) bond motifs is 5. The first kappa shape index (κ1) is 30.1. The molecule has 0 radical (unpaired) electrons. The third-order valence-corrected chi connectivity index (χ3v) is 11.9. The number of unbranched alkanes of at least 4 members (excludes halogenated alkanes) is 1. The summed E-state index contributed by atoms with van der Waals surface area (Å²) in [6.45, 7) is 4.87. The fraction of sp³-hybridized carbons (Fsp3) is 0.812. The molecular formula is C32H47NO8. The van der Waals surface area contributed by atoms with E-state index in [1.807, 2.05) is 0 Å². The number of hydrogen-bond donors (Lipinski definition) is 2. The van der Waals surface area contributed by atoms with E-state index in [4.69, 9.17) is 9.47 Å². The maximum Gasteiger partial charge on any atom is 0.331 e. The highest BCUT2D eigenvalue weighted by Gasteiger charge is 2.67. The van der Waals surface area contributed by atoms with Gasteiger partial charge in [-0.15, -0.1) is 0 Å². The molecule has 5 aliphatic rings. The molecule has 5 rings (SSSR count). The molecule has 2 N–H and O–H groups in total. The van der Waals surface area contributed by atoms with Gasteiger partial charge in [0.15, 0.2) is 0 Å². The fourth-order valence-corrected chi connectivity index (χ4v) is 9.62. The molecule has 1 heterocycles. The average molecular weight is 574 g/mol. The first-order valence-electron chi connectivity index (χ1n) is 15.6. The van der Waals surface area contributed by atoms with E-state index in [-0.39, 0.29) is 66.0 Å². The van der Waals surface area contributed by atoms with Gasteiger partial charge in [0.2, 0.25) is 5.91 Å². The molecule has 4 aliphatic carbocycles. The number of nitrogens with one attached hydrogen (secondary N) is 1. The van der Waals surface area contributed by atoms with Crippen molar-refractivity contribution < 1.29 is 38.5 Å².